The van der Waals surface area contributed by atoms with Gasteiger partial charge in [-0.3, -0.25) is 4.90 Å². The van der Waals surface area contributed by atoms with Crippen molar-refractivity contribution in [3.8, 4) is 24.0 Å². The van der Waals surface area contributed by atoms with E-state index in [2.05, 4.69) is 11.0 Å². The summed E-state index contributed by atoms with van der Waals surface area (Å²) in [6.45, 7) is 3.87. The van der Waals surface area contributed by atoms with Crippen LogP contribution in [0.5, 0.6) is 5.75 Å². The lowest BCUT2D eigenvalue weighted by Crippen LogP contribution is -2.48. The fourth-order valence-corrected chi connectivity index (χ4v) is 4.23. The standard InChI is InChI=1S/C21H20FN5O/c1-3-27-7-6-14-16(9-23)20(26)21(11-24,12-25)19(17(14)10-27)15-8-13(28-2)4-5-18(15)22/h4-6,8,17,19H,3,7,10,26H2,1-2H3. The lowest BCUT2D eigenvalue weighted by Gasteiger charge is -2.45. The third-order valence-electron chi connectivity index (χ3n) is 5.73. The number of methoxy groups -OCH3 is 1. The zero-order chi connectivity index (χ0) is 20.5. The molecule has 6 nitrogen and oxygen atoms in total. The summed E-state index contributed by atoms with van der Waals surface area (Å²) in [6.07, 6.45) is 1.90. The van der Waals surface area contributed by atoms with Crippen LogP contribution in [0, 0.1) is 51.1 Å². The monoisotopic (exact) mass is 377 g/mol. The van der Waals surface area contributed by atoms with Crippen molar-refractivity contribution in [2.75, 3.05) is 26.7 Å². The zero-order valence-electron chi connectivity index (χ0n) is 15.7. The molecule has 2 atom stereocenters. The van der Waals surface area contributed by atoms with Gasteiger partial charge in [-0.1, -0.05) is 13.0 Å². The van der Waals surface area contributed by atoms with Crippen molar-refractivity contribution in [1.29, 1.82) is 15.8 Å². The minimum Gasteiger partial charge on any atom is -0.497 e. The van der Waals surface area contributed by atoms with Crippen molar-refractivity contribution in [3.05, 3.63) is 52.5 Å². The Hall–Kier alpha value is -3.34. The van der Waals surface area contributed by atoms with Gasteiger partial charge in [-0.15, -0.1) is 0 Å². The number of fused-ring (bicyclic) bond motifs is 1. The summed E-state index contributed by atoms with van der Waals surface area (Å²) in [5.41, 5.74) is 5.28. The second-order valence-corrected chi connectivity index (χ2v) is 6.92. The van der Waals surface area contributed by atoms with Gasteiger partial charge in [-0.25, -0.2) is 4.39 Å². The van der Waals surface area contributed by atoms with Gasteiger partial charge >= 0.3 is 0 Å². The molecule has 1 aliphatic heterocycles. The van der Waals surface area contributed by atoms with E-state index >= 15 is 0 Å². The first-order valence-electron chi connectivity index (χ1n) is 8.96. The normalized spacial score (nSPS) is 23.6. The van der Waals surface area contributed by atoms with Crippen molar-refractivity contribution < 1.29 is 9.13 Å². The summed E-state index contributed by atoms with van der Waals surface area (Å²) < 4.78 is 20.2. The molecule has 0 radical (unpaired) electrons. The van der Waals surface area contributed by atoms with Crippen molar-refractivity contribution in [1.82, 2.24) is 4.90 Å². The van der Waals surface area contributed by atoms with Crippen LogP contribution in [0.4, 0.5) is 4.39 Å². The SMILES string of the molecule is CCN1CC=C2C(C#N)=C(N)C(C#N)(C#N)C(c3cc(OC)ccc3F)C2C1. The summed E-state index contributed by atoms with van der Waals surface area (Å²) >= 11 is 0. The molecular formula is C21H20FN5O. The van der Waals surface area contributed by atoms with Crippen LogP contribution in [-0.4, -0.2) is 31.6 Å². The second-order valence-electron chi connectivity index (χ2n) is 6.92. The van der Waals surface area contributed by atoms with Gasteiger partial charge in [-0.2, -0.15) is 15.8 Å². The number of hydrogen-bond donors (Lipinski definition) is 1. The van der Waals surface area contributed by atoms with Gasteiger partial charge < -0.3 is 10.5 Å². The Bertz CT molecular complexity index is 978. The highest BCUT2D eigenvalue weighted by atomic mass is 19.1. The number of ether oxygens (including phenoxy) is 1. The third kappa shape index (κ3) is 2.71. The van der Waals surface area contributed by atoms with E-state index in [-0.39, 0.29) is 16.8 Å². The number of hydrogen-bond acceptors (Lipinski definition) is 6. The minimum absolute atomic E-state index is 0.111. The van der Waals surface area contributed by atoms with Gasteiger partial charge in [0.05, 0.1) is 30.5 Å². The summed E-state index contributed by atoms with van der Waals surface area (Å²) in [5.74, 6) is -1.41. The molecule has 0 saturated heterocycles. The van der Waals surface area contributed by atoms with E-state index in [4.69, 9.17) is 10.5 Å². The lowest BCUT2D eigenvalue weighted by molar-refractivity contribution is 0.212. The smallest absolute Gasteiger partial charge is 0.191 e. The molecule has 2 N–H and O–H groups in total. The van der Waals surface area contributed by atoms with Crippen LogP contribution >= 0.6 is 0 Å². The summed E-state index contributed by atoms with van der Waals surface area (Å²) in [5, 5.41) is 29.7. The molecule has 0 bridgehead atoms. The number of nitrogens with two attached hydrogens (primary N) is 1. The van der Waals surface area contributed by atoms with Gasteiger partial charge in [0.25, 0.3) is 0 Å². The van der Waals surface area contributed by atoms with Crippen molar-refractivity contribution >= 4 is 0 Å². The number of nitriles is 3. The molecule has 3 rings (SSSR count). The van der Waals surface area contributed by atoms with Crippen LogP contribution in [0.2, 0.25) is 0 Å². The third-order valence-corrected chi connectivity index (χ3v) is 5.73. The number of likely N-dealkylation sites (N-methyl/N-ethyl adjacent to an activating group) is 1. The van der Waals surface area contributed by atoms with Crippen molar-refractivity contribution in [2.24, 2.45) is 17.1 Å². The van der Waals surface area contributed by atoms with Gasteiger partial charge in [0.15, 0.2) is 5.41 Å². The van der Waals surface area contributed by atoms with E-state index in [9.17, 15) is 20.2 Å². The van der Waals surface area contributed by atoms with Gasteiger partial charge in [0.2, 0.25) is 0 Å². The zero-order valence-corrected chi connectivity index (χ0v) is 15.7. The molecular weight excluding hydrogens is 357 g/mol. The van der Waals surface area contributed by atoms with E-state index in [0.717, 1.165) is 6.54 Å². The molecule has 2 aliphatic rings. The fourth-order valence-electron chi connectivity index (χ4n) is 4.23. The molecule has 1 aromatic carbocycles. The summed E-state index contributed by atoms with van der Waals surface area (Å²) in [7, 11) is 1.46. The van der Waals surface area contributed by atoms with E-state index in [0.29, 0.717) is 24.4 Å². The molecule has 0 amide bonds. The molecule has 0 spiro atoms. The first-order valence-corrected chi connectivity index (χ1v) is 8.96. The molecule has 2 unspecified atom stereocenters. The van der Waals surface area contributed by atoms with Gasteiger partial charge in [0.1, 0.15) is 17.6 Å². The highest BCUT2D eigenvalue weighted by Crippen LogP contribution is 2.54. The molecule has 1 heterocycles. The largest absolute Gasteiger partial charge is 0.497 e. The molecule has 28 heavy (non-hydrogen) atoms. The molecule has 0 aromatic heterocycles. The maximum Gasteiger partial charge on any atom is 0.191 e. The molecule has 1 aliphatic carbocycles. The topological polar surface area (TPSA) is 110 Å². The molecule has 142 valence electrons. The van der Waals surface area contributed by atoms with E-state index in [1.165, 1.54) is 25.3 Å². The first-order chi connectivity index (χ1) is 13.5. The van der Waals surface area contributed by atoms with Crippen LogP contribution in [0.1, 0.15) is 18.4 Å². The van der Waals surface area contributed by atoms with Gasteiger partial charge in [-0.05, 0) is 35.9 Å². The molecule has 7 heteroatoms. The molecule has 1 aromatic rings. The van der Waals surface area contributed by atoms with E-state index < -0.39 is 23.1 Å². The average molecular weight is 377 g/mol. The Balaban J connectivity index is 2.35. The van der Waals surface area contributed by atoms with Crippen LogP contribution < -0.4 is 10.5 Å². The Morgan fingerprint density at radius 1 is 1.32 bits per heavy atom. The Morgan fingerprint density at radius 2 is 2.04 bits per heavy atom. The Labute approximate surface area is 163 Å². The number of nitrogens with zero attached hydrogens (tertiary/aromatic N) is 4. The minimum atomic E-state index is -1.85. The predicted octanol–water partition coefficient (Wildman–Crippen LogP) is 2.58. The first kappa shape index (κ1) is 19.4. The highest BCUT2D eigenvalue weighted by Gasteiger charge is 2.55. The summed E-state index contributed by atoms with van der Waals surface area (Å²) in [6, 6.07) is 10.3. The van der Waals surface area contributed by atoms with Crippen LogP contribution in [0.3, 0.4) is 0 Å². The number of halogens is 1. The molecule has 0 saturated carbocycles. The highest BCUT2D eigenvalue weighted by molar-refractivity contribution is 5.59. The second kappa shape index (κ2) is 7.35. The van der Waals surface area contributed by atoms with Crippen LogP contribution in [-0.2, 0) is 0 Å². The van der Waals surface area contributed by atoms with Crippen molar-refractivity contribution in [2.45, 2.75) is 12.8 Å². The van der Waals surface area contributed by atoms with Crippen molar-refractivity contribution in [3.63, 3.8) is 0 Å². The number of rotatable bonds is 3. The molecule has 0 fully saturated rings. The van der Waals surface area contributed by atoms with E-state index in [1.54, 1.807) is 0 Å². The summed E-state index contributed by atoms with van der Waals surface area (Å²) in [4.78, 5) is 2.12. The fraction of sp³-hybridized carbons (Fsp3) is 0.381. The predicted molar refractivity (Wildman–Crippen MR) is 99.9 cm³/mol. The number of allylic oxidation sites excluding steroid dienone is 2. The van der Waals surface area contributed by atoms with E-state index in [1.807, 2.05) is 25.1 Å². The average Bonchev–Trinajstić information content (AvgIpc) is 2.73. The lowest BCUT2D eigenvalue weighted by atomic mass is 9.58. The number of benzene rings is 1. The Morgan fingerprint density at radius 3 is 2.61 bits per heavy atom. The van der Waals surface area contributed by atoms with Crippen LogP contribution in [0.25, 0.3) is 0 Å². The maximum absolute atomic E-state index is 14.9. The quantitative estimate of drug-likeness (QED) is 0.867. The Kier molecular flexibility index (Phi) is 5.10. The van der Waals surface area contributed by atoms with Gasteiger partial charge in [0, 0.05) is 24.9 Å². The maximum atomic E-state index is 14.9. The van der Waals surface area contributed by atoms with Crippen LogP contribution in [0.15, 0.2) is 41.1 Å².